The highest BCUT2D eigenvalue weighted by molar-refractivity contribution is 6.41. The van der Waals surface area contributed by atoms with Crippen LogP contribution in [0, 0.1) is 0 Å². The number of hydrogen-bond donors (Lipinski definition) is 0. The number of fused-ring (bicyclic) bond motifs is 2. The number of imide groups is 2. The zero-order chi connectivity index (χ0) is 34.3. The first-order valence-electron chi connectivity index (χ1n) is 16.6. The van der Waals surface area contributed by atoms with Gasteiger partial charge in [-0.25, -0.2) is 0 Å². The van der Waals surface area contributed by atoms with Gasteiger partial charge in [0.05, 0.1) is 14.2 Å². The molecule has 0 fully saturated rings. The first-order chi connectivity index (χ1) is 24.4. The Morgan fingerprint density at radius 2 is 0.700 bits per heavy atom. The Hall–Kier alpha value is -6.28. The monoisotopic (exact) mass is 658 g/mol. The van der Waals surface area contributed by atoms with E-state index in [0.29, 0.717) is 45.9 Å². The Bertz CT molecular complexity index is 2290. The molecule has 4 amide bonds. The maximum absolute atomic E-state index is 13.9. The Kier molecular flexibility index (Phi) is 6.64. The standard InChI is InChI=1S/C42H30N2O6/c1-49-25-7-3-23(4-8-25)19-21-43-39(45)31-15-11-27-29-13-17-33-38-34(42(48)44(41(33)47)22-20-24-5-9-26(50-2)10-6-24)18-14-30(36(29)38)28-12-16-32(40(43)46)37(31)35(27)28/h3-18H,19-22H2,1-2H3. The van der Waals surface area contributed by atoms with Gasteiger partial charge in [0, 0.05) is 46.1 Å². The minimum Gasteiger partial charge on any atom is -0.497 e. The molecule has 8 nitrogen and oxygen atoms in total. The average molecular weight is 659 g/mol. The molecule has 0 aliphatic carbocycles. The lowest BCUT2D eigenvalue weighted by molar-refractivity contribution is 0.0597. The van der Waals surface area contributed by atoms with Crippen molar-refractivity contribution in [3.05, 3.63) is 130 Å². The number of ether oxygens (including phenoxy) is 2. The summed E-state index contributed by atoms with van der Waals surface area (Å²) in [5, 5.41) is 6.43. The summed E-state index contributed by atoms with van der Waals surface area (Å²) in [5.41, 5.74) is 3.94. The van der Waals surface area contributed by atoms with Gasteiger partial charge in [0.1, 0.15) is 11.5 Å². The molecule has 7 aromatic rings. The number of rotatable bonds is 8. The van der Waals surface area contributed by atoms with E-state index in [2.05, 4.69) is 0 Å². The van der Waals surface area contributed by atoms with Crippen LogP contribution in [0.5, 0.6) is 11.5 Å². The molecule has 0 unspecified atom stereocenters. The Balaban J connectivity index is 1.12. The van der Waals surface area contributed by atoms with Gasteiger partial charge in [-0.05, 0) is 105 Å². The lowest BCUT2D eigenvalue weighted by Crippen LogP contribution is -2.41. The van der Waals surface area contributed by atoms with Crippen LogP contribution in [-0.4, -0.2) is 60.7 Å². The van der Waals surface area contributed by atoms with Crippen molar-refractivity contribution in [2.45, 2.75) is 12.8 Å². The van der Waals surface area contributed by atoms with Crippen molar-refractivity contribution in [3.63, 3.8) is 0 Å². The molecule has 2 aliphatic rings. The van der Waals surface area contributed by atoms with Gasteiger partial charge in [0.2, 0.25) is 0 Å². The molecule has 2 aliphatic heterocycles. The lowest BCUT2D eigenvalue weighted by atomic mass is 9.82. The van der Waals surface area contributed by atoms with Crippen LogP contribution >= 0.6 is 0 Å². The minimum absolute atomic E-state index is 0.251. The predicted octanol–water partition coefficient (Wildman–Crippen LogP) is 7.43. The van der Waals surface area contributed by atoms with Crippen LogP contribution in [0.3, 0.4) is 0 Å². The maximum Gasteiger partial charge on any atom is 0.261 e. The number of carbonyl (C=O) groups excluding carboxylic acids is 4. The van der Waals surface area contributed by atoms with Crippen molar-refractivity contribution in [3.8, 4) is 11.5 Å². The molecule has 0 atom stereocenters. The molecule has 8 heteroatoms. The molecular weight excluding hydrogens is 628 g/mol. The van der Waals surface area contributed by atoms with Crippen LogP contribution in [0.2, 0.25) is 0 Å². The Labute approximate surface area is 286 Å². The van der Waals surface area contributed by atoms with Gasteiger partial charge in [-0.15, -0.1) is 0 Å². The van der Waals surface area contributed by atoms with Crippen molar-refractivity contribution in [2.24, 2.45) is 0 Å². The molecule has 0 spiro atoms. The third-order valence-corrected chi connectivity index (χ3v) is 10.4. The first-order valence-corrected chi connectivity index (χ1v) is 16.6. The van der Waals surface area contributed by atoms with Crippen LogP contribution in [0.15, 0.2) is 97.1 Å². The lowest BCUT2D eigenvalue weighted by Gasteiger charge is -2.30. The molecule has 0 N–H and O–H groups in total. The summed E-state index contributed by atoms with van der Waals surface area (Å²) in [6, 6.07) is 30.2. The smallest absolute Gasteiger partial charge is 0.261 e. The van der Waals surface area contributed by atoms with Gasteiger partial charge in [-0.1, -0.05) is 48.5 Å². The zero-order valence-corrected chi connectivity index (χ0v) is 27.4. The van der Waals surface area contributed by atoms with E-state index >= 15 is 0 Å². The SMILES string of the molecule is COc1ccc(CCN2C(=O)c3ccc4c5ccc6c7c(ccc(c8ccc(c3c48)C2=O)c75)C(=O)N(CCc2ccc(OC)cc2)C6=O)cc1. The van der Waals surface area contributed by atoms with Crippen LogP contribution in [0.1, 0.15) is 52.6 Å². The fourth-order valence-corrected chi connectivity index (χ4v) is 7.84. The van der Waals surface area contributed by atoms with E-state index in [9.17, 15) is 19.2 Å². The summed E-state index contributed by atoms with van der Waals surface area (Å²) in [5.74, 6) is 0.220. The molecule has 2 heterocycles. The number of benzene rings is 7. The maximum atomic E-state index is 13.9. The second kappa shape index (κ2) is 11.1. The molecule has 50 heavy (non-hydrogen) atoms. The summed E-state index contributed by atoms with van der Waals surface area (Å²) in [7, 11) is 3.22. The van der Waals surface area contributed by atoms with E-state index in [1.54, 1.807) is 38.5 Å². The van der Waals surface area contributed by atoms with Gasteiger partial charge >= 0.3 is 0 Å². The highest BCUT2D eigenvalue weighted by Crippen LogP contribution is 2.46. The second-order valence-corrected chi connectivity index (χ2v) is 12.9. The Morgan fingerprint density at radius 3 is 0.980 bits per heavy atom. The summed E-state index contributed by atoms with van der Waals surface area (Å²) in [4.78, 5) is 58.3. The molecule has 0 saturated carbocycles. The highest BCUT2D eigenvalue weighted by Gasteiger charge is 2.36. The number of hydrogen-bond acceptors (Lipinski definition) is 6. The van der Waals surface area contributed by atoms with E-state index in [1.165, 1.54) is 9.80 Å². The van der Waals surface area contributed by atoms with Crippen LogP contribution in [0.25, 0.3) is 43.1 Å². The van der Waals surface area contributed by atoms with Gasteiger partial charge < -0.3 is 9.47 Å². The van der Waals surface area contributed by atoms with Crippen LogP contribution in [0.4, 0.5) is 0 Å². The van der Waals surface area contributed by atoms with E-state index in [-0.39, 0.29) is 36.7 Å². The molecule has 0 radical (unpaired) electrons. The normalized spacial score (nSPS) is 14.2. The molecule has 0 saturated heterocycles. The highest BCUT2D eigenvalue weighted by atomic mass is 16.5. The van der Waals surface area contributed by atoms with Crippen molar-refractivity contribution in [1.82, 2.24) is 9.80 Å². The molecule has 244 valence electrons. The Morgan fingerprint density at radius 1 is 0.400 bits per heavy atom. The molecular formula is C42H30N2O6. The van der Waals surface area contributed by atoms with Crippen LogP contribution < -0.4 is 9.47 Å². The van der Waals surface area contributed by atoms with E-state index < -0.39 is 0 Å². The molecule has 7 aromatic carbocycles. The second-order valence-electron chi connectivity index (χ2n) is 12.9. The average Bonchev–Trinajstić information content (AvgIpc) is 3.15. The number of carbonyl (C=O) groups is 4. The third-order valence-electron chi connectivity index (χ3n) is 10.4. The summed E-state index contributed by atoms with van der Waals surface area (Å²) < 4.78 is 10.5. The molecule has 9 rings (SSSR count). The molecule has 0 aromatic heterocycles. The van der Waals surface area contributed by atoms with Gasteiger partial charge in [0.25, 0.3) is 23.6 Å². The van der Waals surface area contributed by atoms with Crippen molar-refractivity contribution in [1.29, 1.82) is 0 Å². The van der Waals surface area contributed by atoms with Gasteiger partial charge in [-0.3, -0.25) is 29.0 Å². The van der Waals surface area contributed by atoms with Gasteiger partial charge in [0.15, 0.2) is 0 Å². The topological polar surface area (TPSA) is 93.2 Å². The summed E-state index contributed by atoms with van der Waals surface area (Å²) in [6.45, 7) is 0.503. The first kappa shape index (κ1) is 29.8. The molecule has 0 bridgehead atoms. The third kappa shape index (κ3) is 4.24. The van der Waals surface area contributed by atoms with Gasteiger partial charge in [-0.2, -0.15) is 0 Å². The van der Waals surface area contributed by atoms with E-state index in [0.717, 1.165) is 54.9 Å². The van der Waals surface area contributed by atoms with Crippen molar-refractivity contribution >= 4 is 66.7 Å². The van der Waals surface area contributed by atoms with E-state index in [1.807, 2.05) is 72.8 Å². The fourth-order valence-electron chi connectivity index (χ4n) is 7.84. The quantitative estimate of drug-likeness (QED) is 0.0958. The van der Waals surface area contributed by atoms with Crippen molar-refractivity contribution < 1.29 is 28.7 Å². The largest absolute Gasteiger partial charge is 0.497 e. The van der Waals surface area contributed by atoms with E-state index in [4.69, 9.17) is 9.47 Å². The minimum atomic E-state index is -0.318. The summed E-state index contributed by atoms with van der Waals surface area (Å²) >= 11 is 0. The fraction of sp³-hybridized carbons (Fsp3) is 0.143. The summed E-state index contributed by atoms with van der Waals surface area (Å²) in [6.07, 6.45) is 1.04. The predicted molar refractivity (Wildman–Crippen MR) is 192 cm³/mol. The number of amides is 4. The number of methoxy groups -OCH3 is 2. The van der Waals surface area contributed by atoms with Crippen molar-refractivity contribution in [2.75, 3.05) is 27.3 Å². The number of nitrogens with zero attached hydrogens (tertiary/aromatic N) is 2. The van der Waals surface area contributed by atoms with Crippen LogP contribution in [-0.2, 0) is 12.8 Å². The zero-order valence-electron chi connectivity index (χ0n) is 27.4.